The van der Waals surface area contributed by atoms with Crippen molar-refractivity contribution in [3.8, 4) is 0 Å². The number of nitrogens with one attached hydrogen (secondary N) is 2. The minimum absolute atomic E-state index is 0.0321. The number of H-pyrrole nitrogens is 1. The Morgan fingerprint density at radius 1 is 1.61 bits per heavy atom. The highest BCUT2D eigenvalue weighted by molar-refractivity contribution is 5.89. The molecular formula is C10H16N6O2. The van der Waals surface area contributed by atoms with Gasteiger partial charge in [-0.3, -0.25) is 9.59 Å². The van der Waals surface area contributed by atoms with Crippen molar-refractivity contribution in [3.05, 3.63) is 5.82 Å². The summed E-state index contributed by atoms with van der Waals surface area (Å²) >= 11 is 0. The molecule has 1 aromatic rings. The third-order valence-corrected chi connectivity index (χ3v) is 2.96. The molecule has 0 spiro atoms. The number of likely N-dealkylation sites (tertiary alicyclic amines) is 1. The van der Waals surface area contributed by atoms with Crippen LogP contribution in [-0.4, -0.2) is 49.9 Å². The van der Waals surface area contributed by atoms with Gasteiger partial charge in [0.2, 0.25) is 11.8 Å². The Kier molecular flexibility index (Phi) is 3.54. The minimum atomic E-state index is -0.285. The fourth-order valence-electron chi connectivity index (χ4n) is 1.97. The van der Waals surface area contributed by atoms with Gasteiger partial charge in [-0.2, -0.15) is 5.21 Å². The van der Waals surface area contributed by atoms with Crippen LogP contribution in [0.3, 0.4) is 0 Å². The van der Waals surface area contributed by atoms with Crippen LogP contribution in [0.2, 0.25) is 0 Å². The van der Waals surface area contributed by atoms with Gasteiger partial charge in [-0.15, -0.1) is 10.2 Å². The van der Waals surface area contributed by atoms with E-state index in [4.69, 9.17) is 0 Å². The van der Waals surface area contributed by atoms with Crippen LogP contribution in [0.15, 0.2) is 0 Å². The van der Waals surface area contributed by atoms with E-state index in [2.05, 4.69) is 25.9 Å². The summed E-state index contributed by atoms with van der Waals surface area (Å²) in [5.74, 6) is 0.0289. The molecule has 1 aliphatic heterocycles. The van der Waals surface area contributed by atoms with Crippen molar-refractivity contribution in [2.75, 3.05) is 6.54 Å². The van der Waals surface area contributed by atoms with Crippen molar-refractivity contribution < 1.29 is 9.59 Å². The van der Waals surface area contributed by atoms with E-state index in [0.717, 1.165) is 0 Å². The van der Waals surface area contributed by atoms with E-state index < -0.39 is 0 Å². The lowest BCUT2D eigenvalue weighted by Gasteiger charge is -2.20. The second-order valence-corrected chi connectivity index (χ2v) is 4.59. The first-order chi connectivity index (χ1) is 8.58. The summed E-state index contributed by atoms with van der Waals surface area (Å²) in [5, 5.41) is 15.9. The molecular weight excluding hydrogens is 236 g/mol. The highest BCUT2D eigenvalue weighted by atomic mass is 16.2. The van der Waals surface area contributed by atoms with Gasteiger partial charge in [-0.1, -0.05) is 5.21 Å². The summed E-state index contributed by atoms with van der Waals surface area (Å²) in [6, 6.07) is 0.132. The molecule has 0 aliphatic carbocycles. The van der Waals surface area contributed by atoms with Crippen molar-refractivity contribution in [2.45, 2.75) is 32.9 Å². The molecule has 1 aliphatic rings. The predicted molar refractivity (Wildman–Crippen MR) is 61.0 cm³/mol. The van der Waals surface area contributed by atoms with Crippen LogP contribution in [0.5, 0.6) is 0 Å². The van der Waals surface area contributed by atoms with Crippen molar-refractivity contribution in [3.63, 3.8) is 0 Å². The van der Waals surface area contributed by atoms with Crippen molar-refractivity contribution in [1.82, 2.24) is 30.8 Å². The summed E-state index contributed by atoms with van der Waals surface area (Å²) in [6.07, 6.45) is 0.274. The van der Waals surface area contributed by atoms with Gasteiger partial charge in [0, 0.05) is 19.0 Å². The number of carbonyl (C=O) groups excluding carboxylic acids is 2. The topological polar surface area (TPSA) is 104 Å². The second kappa shape index (κ2) is 5.11. The molecule has 2 heterocycles. The number of tetrazole rings is 1. The van der Waals surface area contributed by atoms with E-state index in [1.807, 2.05) is 13.8 Å². The molecule has 1 fully saturated rings. The lowest BCUT2D eigenvalue weighted by Crippen LogP contribution is -2.35. The molecule has 1 aromatic heterocycles. The number of carbonyl (C=O) groups is 2. The standard InChI is InChI=1S/C10H16N6O2/c1-6(2)16-5-7(3-9(16)17)10(18)11-4-8-12-14-15-13-8/h6-7H,3-5H2,1-2H3,(H,11,18)(H,12,13,14,15). The maximum Gasteiger partial charge on any atom is 0.225 e. The van der Waals surface area contributed by atoms with Crippen LogP contribution in [0, 0.1) is 5.92 Å². The number of aromatic amines is 1. The van der Waals surface area contributed by atoms with Crippen molar-refractivity contribution >= 4 is 11.8 Å². The predicted octanol–water partition coefficient (Wildman–Crippen LogP) is -0.927. The van der Waals surface area contributed by atoms with Gasteiger partial charge in [0.1, 0.15) is 0 Å². The van der Waals surface area contributed by atoms with Gasteiger partial charge in [0.25, 0.3) is 0 Å². The van der Waals surface area contributed by atoms with E-state index in [-0.39, 0.29) is 36.7 Å². The van der Waals surface area contributed by atoms with E-state index in [1.54, 1.807) is 4.90 Å². The van der Waals surface area contributed by atoms with Gasteiger partial charge in [0.05, 0.1) is 12.5 Å². The van der Waals surface area contributed by atoms with Gasteiger partial charge < -0.3 is 10.2 Å². The van der Waals surface area contributed by atoms with Crippen LogP contribution in [0.4, 0.5) is 0 Å². The molecule has 0 radical (unpaired) electrons. The molecule has 2 N–H and O–H groups in total. The Labute approximate surface area is 104 Å². The van der Waals surface area contributed by atoms with Crippen LogP contribution in [-0.2, 0) is 16.1 Å². The van der Waals surface area contributed by atoms with Gasteiger partial charge in [-0.25, -0.2) is 0 Å². The highest BCUT2D eigenvalue weighted by Gasteiger charge is 2.35. The molecule has 98 valence electrons. The summed E-state index contributed by atoms with van der Waals surface area (Å²) in [6.45, 7) is 4.59. The molecule has 18 heavy (non-hydrogen) atoms. The fourth-order valence-corrected chi connectivity index (χ4v) is 1.97. The van der Waals surface area contributed by atoms with Crippen molar-refractivity contribution in [2.24, 2.45) is 5.92 Å². The number of hydrogen-bond donors (Lipinski definition) is 2. The smallest absolute Gasteiger partial charge is 0.225 e. The number of nitrogens with zero attached hydrogens (tertiary/aromatic N) is 4. The van der Waals surface area contributed by atoms with E-state index in [1.165, 1.54) is 0 Å². The van der Waals surface area contributed by atoms with Crippen molar-refractivity contribution in [1.29, 1.82) is 0 Å². The molecule has 2 amide bonds. The maximum absolute atomic E-state index is 11.9. The fraction of sp³-hybridized carbons (Fsp3) is 0.700. The zero-order valence-corrected chi connectivity index (χ0v) is 10.4. The number of amides is 2. The van der Waals surface area contributed by atoms with Gasteiger partial charge in [0.15, 0.2) is 5.82 Å². The zero-order chi connectivity index (χ0) is 13.1. The molecule has 1 saturated heterocycles. The summed E-state index contributed by atoms with van der Waals surface area (Å²) in [4.78, 5) is 25.3. The van der Waals surface area contributed by atoms with Gasteiger partial charge in [-0.05, 0) is 13.8 Å². The zero-order valence-electron chi connectivity index (χ0n) is 10.4. The van der Waals surface area contributed by atoms with Gasteiger partial charge >= 0.3 is 0 Å². The third kappa shape index (κ3) is 2.63. The molecule has 2 rings (SSSR count). The normalized spacial score (nSPS) is 19.6. The van der Waals surface area contributed by atoms with E-state index in [0.29, 0.717) is 12.4 Å². The number of hydrogen-bond acceptors (Lipinski definition) is 5. The lowest BCUT2D eigenvalue weighted by atomic mass is 10.1. The molecule has 1 atom stereocenters. The Morgan fingerprint density at radius 3 is 2.94 bits per heavy atom. The number of rotatable bonds is 4. The average Bonchev–Trinajstić information content (AvgIpc) is 2.94. The quantitative estimate of drug-likeness (QED) is 0.720. The highest BCUT2D eigenvalue weighted by Crippen LogP contribution is 2.20. The summed E-state index contributed by atoms with van der Waals surface area (Å²) in [5.41, 5.74) is 0. The molecule has 8 heteroatoms. The van der Waals surface area contributed by atoms with Crippen LogP contribution < -0.4 is 5.32 Å². The SMILES string of the molecule is CC(C)N1CC(C(=O)NCc2nn[nH]n2)CC1=O. The molecule has 0 bridgehead atoms. The summed E-state index contributed by atoms with van der Waals surface area (Å²) in [7, 11) is 0. The first kappa shape index (κ1) is 12.5. The lowest BCUT2D eigenvalue weighted by molar-refractivity contribution is -0.130. The molecule has 8 nitrogen and oxygen atoms in total. The number of aromatic nitrogens is 4. The second-order valence-electron chi connectivity index (χ2n) is 4.59. The average molecular weight is 252 g/mol. The van der Waals surface area contributed by atoms with Crippen LogP contribution >= 0.6 is 0 Å². The Bertz CT molecular complexity index is 430. The minimum Gasteiger partial charge on any atom is -0.348 e. The molecule has 0 aromatic carbocycles. The van der Waals surface area contributed by atoms with Crippen LogP contribution in [0.1, 0.15) is 26.1 Å². The molecule has 0 saturated carbocycles. The Morgan fingerprint density at radius 2 is 2.39 bits per heavy atom. The van der Waals surface area contributed by atoms with E-state index >= 15 is 0 Å². The Balaban J connectivity index is 1.85. The summed E-state index contributed by atoms with van der Waals surface area (Å²) < 4.78 is 0. The van der Waals surface area contributed by atoms with E-state index in [9.17, 15) is 9.59 Å². The van der Waals surface area contributed by atoms with Crippen LogP contribution in [0.25, 0.3) is 0 Å². The third-order valence-electron chi connectivity index (χ3n) is 2.96. The molecule has 1 unspecified atom stereocenters. The Hall–Kier alpha value is -1.99. The monoisotopic (exact) mass is 252 g/mol. The maximum atomic E-state index is 11.9. The largest absolute Gasteiger partial charge is 0.348 e. The first-order valence-corrected chi connectivity index (χ1v) is 5.87. The first-order valence-electron chi connectivity index (χ1n) is 5.87.